The molecule has 1 amide bonds. The Hall–Kier alpha value is -2.38. The summed E-state index contributed by atoms with van der Waals surface area (Å²) in [4.78, 5) is 22.7. The maximum absolute atomic E-state index is 12.2. The van der Waals surface area contributed by atoms with E-state index in [1.807, 2.05) is 30.3 Å². The van der Waals surface area contributed by atoms with Crippen molar-refractivity contribution >= 4 is 23.5 Å². The maximum atomic E-state index is 12.2. The van der Waals surface area contributed by atoms with E-state index in [4.69, 9.17) is 16.7 Å². The SMILES string of the molecule is Cc1nn(-c2ccccc2)c(Cl)c1C(=O)NCC[C@H](O)C(=O)O. The fraction of sp³-hybridized carbons (Fsp3) is 0.267. The minimum atomic E-state index is -1.51. The monoisotopic (exact) mass is 337 g/mol. The molecule has 0 spiro atoms. The molecule has 23 heavy (non-hydrogen) atoms. The van der Waals surface area contributed by atoms with Gasteiger partial charge in [0.15, 0.2) is 6.10 Å². The number of carbonyl (C=O) groups excluding carboxylic acids is 1. The molecule has 0 unspecified atom stereocenters. The molecule has 1 aromatic heterocycles. The number of carbonyl (C=O) groups is 2. The number of aromatic nitrogens is 2. The van der Waals surface area contributed by atoms with E-state index < -0.39 is 18.0 Å². The maximum Gasteiger partial charge on any atom is 0.332 e. The van der Waals surface area contributed by atoms with Crippen molar-refractivity contribution in [1.82, 2.24) is 15.1 Å². The minimum absolute atomic E-state index is 0.0125. The van der Waals surface area contributed by atoms with Gasteiger partial charge in [-0.05, 0) is 19.1 Å². The molecule has 1 heterocycles. The van der Waals surface area contributed by atoms with Crippen molar-refractivity contribution in [2.75, 3.05) is 6.54 Å². The Morgan fingerprint density at radius 1 is 1.35 bits per heavy atom. The highest BCUT2D eigenvalue weighted by Gasteiger charge is 2.21. The second kappa shape index (κ2) is 7.26. The predicted molar refractivity (Wildman–Crippen MR) is 83.9 cm³/mol. The summed E-state index contributed by atoms with van der Waals surface area (Å²) in [6, 6.07) is 9.13. The fourth-order valence-electron chi connectivity index (χ4n) is 2.03. The Balaban J connectivity index is 2.12. The Morgan fingerprint density at radius 2 is 2.00 bits per heavy atom. The van der Waals surface area contributed by atoms with Crippen LogP contribution in [0.2, 0.25) is 5.15 Å². The molecule has 3 N–H and O–H groups in total. The molecule has 0 aliphatic rings. The third-order valence-electron chi connectivity index (χ3n) is 3.22. The highest BCUT2D eigenvalue weighted by Crippen LogP contribution is 2.23. The van der Waals surface area contributed by atoms with E-state index in [1.54, 1.807) is 6.92 Å². The average Bonchev–Trinajstić information content (AvgIpc) is 2.82. The zero-order valence-electron chi connectivity index (χ0n) is 12.4. The smallest absolute Gasteiger partial charge is 0.332 e. The first-order valence-electron chi connectivity index (χ1n) is 6.91. The number of aliphatic hydroxyl groups is 1. The van der Waals surface area contributed by atoms with Crippen LogP contribution in [0.5, 0.6) is 0 Å². The minimum Gasteiger partial charge on any atom is -0.479 e. The van der Waals surface area contributed by atoms with E-state index in [-0.39, 0.29) is 23.7 Å². The summed E-state index contributed by atoms with van der Waals surface area (Å²) in [5.41, 5.74) is 1.40. The molecule has 8 heteroatoms. The van der Waals surface area contributed by atoms with E-state index in [9.17, 15) is 14.7 Å². The third-order valence-corrected chi connectivity index (χ3v) is 3.57. The molecular weight excluding hydrogens is 322 g/mol. The van der Waals surface area contributed by atoms with E-state index in [2.05, 4.69) is 10.4 Å². The number of halogens is 1. The predicted octanol–water partition coefficient (Wildman–Crippen LogP) is 1.40. The lowest BCUT2D eigenvalue weighted by Gasteiger charge is -2.07. The first-order chi connectivity index (χ1) is 10.9. The van der Waals surface area contributed by atoms with Crippen molar-refractivity contribution in [3.63, 3.8) is 0 Å². The molecule has 0 aliphatic heterocycles. The third kappa shape index (κ3) is 3.88. The number of rotatable bonds is 6. The molecule has 2 rings (SSSR count). The van der Waals surface area contributed by atoms with E-state index in [0.29, 0.717) is 5.69 Å². The Labute approximate surface area is 137 Å². The molecule has 0 fully saturated rings. The van der Waals surface area contributed by atoms with Crippen LogP contribution in [-0.4, -0.2) is 44.5 Å². The summed E-state index contributed by atoms with van der Waals surface area (Å²) in [6.07, 6.45) is -1.61. The van der Waals surface area contributed by atoms with Crippen molar-refractivity contribution in [1.29, 1.82) is 0 Å². The number of aryl methyl sites for hydroxylation is 1. The van der Waals surface area contributed by atoms with Gasteiger partial charge in [0, 0.05) is 13.0 Å². The van der Waals surface area contributed by atoms with E-state index in [0.717, 1.165) is 5.69 Å². The number of nitrogens with one attached hydrogen (secondary N) is 1. The quantitative estimate of drug-likeness (QED) is 0.739. The molecule has 2 aromatic rings. The second-order valence-electron chi connectivity index (χ2n) is 4.90. The van der Waals surface area contributed by atoms with Crippen molar-refractivity contribution < 1.29 is 19.8 Å². The Bertz CT molecular complexity index is 715. The number of aliphatic carboxylic acids is 1. The topological polar surface area (TPSA) is 104 Å². The van der Waals surface area contributed by atoms with Crippen LogP contribution in [0.15, 0.2) is 30.3 Å². The summed E-state index contributed by atoms with van der Waals surface area (Å²) >= 11 is 6.25. The lowest BCUT2D eigenvalue weighted by Crippen LogP contribution is -2.30. The van der Waals surface area contributed by atoms with Crippen LogP contribution in [-0.2, 0) is 4.79 Å². The van der Waals surface area contributed by atoms with Gasteiger partial charge in [-0.1, -0.05) is 29.8 Å². The van der Waals surface area contributed by atoms with Gasteiger partial charge in [-0.15, -0.1) is 0 Å². The largest absolute Gasteiger partial charge is 0.479 e. The number of hydrogen-bond donors (Lipinski definition) is 3. The van der Waals surface area contributed by atoms with Gasteiger partial charge in [0.2, 0.25) is 0 Å². The number of hydrogen-bond acceptors (Lipinski definition) is 4. The van der Waals surface area contributed by atoms with Gasteiger partial charge in [-0.3, -0.25) is 4.79 Å². The molecule has 0 saturated carbocycles. The number of para-hydroxylation sites is 1. The molecule has 1 aromatic carbocycles. The van der Waals surface area contributed by atoms with E-state index >= 15 is 0 Å². The van der Waals surface area contributed by atoms with Gasteiger partial charge in [0.25, 0.3) is 5.91 Å². The number of carboxylic acid groups (broad SMARTS) is 1. The van der Waals surface area contributed by atoms with Gasteiger partial charge in [-0.2, -0.15) is 5.10 Å². The van der Waals surface area contributed by atoms with Gasteiger partial charge >= 0.3 is 5.97 Å². The van der Waals surface area contributed by atoms with Gasteiger partial charge in [-0.25, -0.2) is 9.48 Å². The summed E-state index contributed by atoms with van der Waals surface area (Å²) in [5, 5.41) is 24.7. The van der Waals surface area contributed by atoms with Crippen LogP contribution in [0, 0.1) is 6.92 Å². The van der Waals surface area contributed by atoms with Crippen LogP contribution >= 0.6 is 11.6 Å². The number of carboxylic acids is 1. The normalized spacial score (nSPS) is 12.0. The van der Waals surface area contributed by atoms with Gasteiger partial charge in [0.1, 0.15) is 5.15 Å². The number of aliphatic hydroxyl groups excluding tert-OH is 1. The van der Waals surface area contributed by atoms with Crippen LogP contribution in [0.1, 0.15) is 22.5 Å². The number of nitrogens with zero attached hydrogens (tertiary/aromatic N) is 2. The lowest BCUT2D eigenvalue weighted by molar-refractivity contribution is -0.146. The molecule has 7 nitrogen and oxygen atoms in total. The summed E-state index contributed by atoms with van der Waals surface area (Å²) < 4.78 is 1.46. The van der Waals surface area contributed by atoms with Crippen molar-refractivity contribution in [3.05, 3.63) is 46.7 Å². The highest BCUT2D eigenvalue weighted by atomic mass is 35.5. The van der Waals surface area contributed by atoms with Crippen LogP contribution in [0.3, 0.4) is 0 Å². The van der Waals surface area contributed by atoms with Crippen molar-refractivity contribution in [2.24, 2.45) is 0 Å². The first-order valence-corrected chi connectivity index (χ1v) is 7.29. The highest BCUT2D eigenvalue weighted by molar-refractivity contribution is 6.33. The molecule has 1 atom stereocenters. The van der Waals surface area contributed by atoms with Crippen LogP contribution < -0.4 is 5.32 Å². The molecule has 0 saturated heterocycles. The van der Waals surface area contributed by atoms with E-state index in [1.165, 1.54) is 4.68 Å². The van der Waals surface area contributed by atoms with Gasteiger partial charge < -0.3 is 15.5 Å². The summed E-state index contributed by atoms with van der Waals surface area (Å²) in [6.45, 7) is 1.67. The zero-order valence-corrected chi connectivity index (χ0v) is 13.1. The summed E-state index contributed by atoms with van der Waals surface area (Å²) in [7, 11) is 0. The Morgan fingerprint density at radius 3 is 2.61 bits per heavy atom. The number of amides is 1. The van der Waals surface area contributed by atoms with Gasteiger partial charge in [0.05, 0.1) is 16.9 Å². The molecule has 0 bridgehead atoms. The molecule has 0 aliphatic carbocycles. The standard InChI is InChI=1S/C15H16ClN3O4/c1-9-12(14(21)17-8-7-11(20)15(22)23)13(16)19(18-9)10-5-3-2-4-6-10/h2-6,11,20H,7-8H2,1H3,(H,17,21)(H,22,23)/t11-/m0/s1. The zero-order chi connectivity index (χ0) is 17.0. The van der Waals surface area contributed by atoms with Crippen molar-refractivity contribution in [2.45, 2.75) is 19.4 Å². The molecule has 122 valence electrons. The van der Waals surface area contributed by atoms with Crippen molar-refractivity contribution in [3.8, 4) is 5.69 Å². The average molecular weight is 338 g/mol. The molecular formula is C15H16ClN3O4. The Kier molecular flexibility index (Phi) is 5.36. The second-order valence-corrected chi connectivity index (χ2v) is 5.26. The molecule has 0 radical (unpaired) electrons. The first kappa shape index (κ1) is 17.0. The number of benzene rings is 1. The summed E-state index contributed by atoms with van der Waals surface area (Å²) in [5.74, 6) is -1.79. The fourth-order valence-corrected chi connectivity index (χ4v) is 2.39. The van der Waals surface area contributed by atoms with Crippen LogP contribution in [0.25, 0.3) is 5.69 Å². The lowest BCUT2D eigenvalue weighted by atomic mass is 10.2. The van der Waals surface area contributed by atoms with Crippen LogP contribution in [0.4, 0.5) is 0 Å².